The minimum atomic E-state index is -0.675. The van der Waals surface area contributed by atoms with Gasteiger partial charge in [-0.15, -0.1) is 0 Å². The van der Waals surface area contributed by atoms with Crippen LogP contribution in [-0.4, -0.2) is 33.2 Å². The maximum absolute atomic E-state index is 9.96. The molecule has 0 saturated heterocycles. The summed E-state index contributed by atoms with van der Waals surface area (Å²) in [6.07, 6.45) is 13.7. The summed E-state index contributed by atoms with van der Waals surface area (Å²) < 4.78 is 0. The van der Waals surface area contributed by atoms with Gasteiger partial charge in [-0.05, 0) is 19.3 Å². The number of rotatable bonds is 15. The zero-order valence-electron chi connectivity index (χ0n) is 18.3. The number of hydrogen-bond acceptors (Lipinski definition) is 3. The minimum absolute atomic E-state index is 0. The van der Waals surface area contributed by atoms with Crippen LogP contribution in [0, 0.1) is 0 Å². The molecule has 6 nitrogen and oxygen atoms in total. The maximum Gasteiger partial charge on any atom is 0.303 e. The van der Waals surface area contributed by atoms with Crippen LogP contribution < -0.4 is 0 Å². The fourth-order valence-corrected chi connectivity index (χ4v) is 2.11. The third-order valence-corrected chi connectivity index (χ3v) is 3.73. The van der Waals surface area contributed by atoms with Crippen LogP contribution in [0.25, 0.3) is 0 Å². The first-order chi connectivity index (χ1) is 12.8. The topological polar surface area (TPSA) is 112 Å². The largest absolute Gasteiger partial charge is 0.481 e. The van der Waals surface area contributed by atoms with Crippen LogP contribution in [0.5, 0.6) is 0 Å². The van der Waals surface area contributed by atoms with Gasteiger partial charge in [0.25, 0.3) is 0 Å². The second-order valence-corrected chi connectivity index (χ2v) is 6.61. The van der Waals surface area contributed by atoms with Gasteiger partial charge in [-0.1, -0.05) is 78.6 Å². The molecule has 0 aliphatic rings. The Hall–Kier alpha value is -0.720. The van der Waals surface area contributed by atoms with E-state index in [1.54, 1.807) is 0 Å². The summed E-state index contributed by atoms with van der Waals surface area (Å²) in [6.45, 7) is 6.34. The maximum atomic E-state index is 9.96. The number of carbonyl (C=O) groups is 3. The Morgan fingerprint density at radius 2 is 0.679 bits per heavy atom. The quantitative estimate of drug-likeness (QED) is 0.267. The van der Waals surface area contributed by atoms with Crippen molar-refractivity contribution < 1.29 is 55.5 Å². The summed E-state index contributed by atoms with van der Waals surface area (Å²) in [5.41, 5.74) is 0. The fourth-order valence-electron chi connectivity index (χ4n) is 2.11. The van der Waals surface area contributed by atoms with E-state index in [-0.39, 0.29) is 25.8 Å². The molecule has 0 aromatic rings. The smallest absolute Gasteiger partial charge is 0.303 e. The molecule has 0 fully saturated rings. The molecule has 0 spiro atoms. The molecule has 3 N–H and O–H groups in total. The molecule has 0 rings (SSSR count). The summed E-state index contributed by atoms with van der Waals surface area (Å²) in [5, 5.41) is 24.6. The Morgan fingerprint density at radius 1 is 0.464 bits per heavy atom. The number of aliphatic carboxylic acids is 3. The Kier molecular flexibility index (Phi) is 38.5. The van der Waals surface area contributed by atoms with E-state index in [9.17, 15) is 14.4 Å². The molecular weight excluding hydrogens is 393 g/mol. The van der Waals surface area contributed by atoms with Crippen molar-refractivity contribution in [3.63, 3.8) is 0 Å². The SMILES string of the molecule is CCCCCCC(=O)O.CCCCCCC(=O)O.CCCCCCC(=O)O.[Sc]. The first kappa shape index (κ1) is 34.8. The molecule has 0 saturated carbocycles. The normalized spacial score (nSPS) is 9.11. The Labute approximate surface area is 190 Å². The average Bonchev–Trinajstić information content (AvgIpc) is 2.60. The second kappa shape index (κ2) is 31.0. The molecular formula is C21H42O6Sc. The molecule has 0 unspecified atom stereocenters. The standard InChI is InChI=1S/3C7H14O2.Sc/c3*1-2-3-4-5-6-7(8)9;/h3*2-6H2,1H3,(H,8,9);. The van der Waals surface area contributed by atoms with Gasteiger partial charge in [-0.2, -0.15) is 0 Å². The van der Waals surface area contributed by atoms with Crippen LogP contribution >= 0.6 is 0 Å². The van der Waals surface area contributed by atoms with E-state index in [4.69, 9.17) is 15.3 Å². The predicted octanol–water partition coefficient (Wildman–Crippen LogP) is 6.12. The van der Waals surface area contributed by atoms with Crippen molar-refractivity contribution in [1.82, 2.24) is 0 Å². The van der Waals surface area contributed by atoms with Gasteiger partial charge < -0.3 is 15.3 Å². The van der Waals surface area contributed by atoms with Crippen LogP contribution in [0.4, 0.5) is 0 Å². The molecule has 0 amide bonds. The van der Waals surface area contributed by atoms with Gasteiger partial charge in [0.1, 0.15) is 0 Å². The Balaban J connectivity index is -0.000000152. The third-order valence-electron chi connectivity index (χ3n) is 3.73. The van der Waals surface area contributed by atoms with Crippen LogP contribution in [0.1, 0.15) is 117 Å². The summed E-state index contributed by atoms with van der Waals surface area (Å²) in [4.78, 5) is 29.9. The zero-order chi connectivity index (χ0) is 21.3. The van der Waals surface area contributed by atoms with Gasteiger partial charge in [0.05, 0.1) is 0 Å². The molecule has 0 aliphatic carbocycles. The fraction of sp³-hybridized carbons (Fsp3) is 0.857. The van der Waals surface area contributed by atoms with Gasteiger partial charge in [-0.25, -0.2) is 0 Å². The van der Waals surface area contributed by atoms with Crippen LogP contribution in [0.2, 0.25) is 0 Å². The molecule has 28 heavy (non-hydrogen) atoms. The van der Waals surface area contributed by atoms with E-state index >= 15 is 0 Å². The Morgan fingerprint density at radius 3 is 0.821 bits per heavy atom. The van der Waals surface area contributed by atoms with Crippen molar-refractivity contribution in [2.24, 2.45) is 0 Å². The molecule has 0 heterocycles. The second-order valence-electron chi connectivity index (χ2n) is 6.61. The zero-order valence-corrected chi connectivity index (χ0v) is 20.1. The van der Waals surface area contributed by atoms with E-state index in [2.05, 4.69) is 20.8 Å². The number of carboxylic acid groups (broad SMARTS) is 3. The number of unbranched alkanes of at least 4 members (excludes halogenated alkanes) is 9. The van der Waals surface area contributed by atoms with E-state index in [0.29, 0.717) is 19.3 Å². The Bertz CT molecular complexity index is 295. The average molecular weight is 436 g/mol. The molecule has 0 aromatic heterocycles. The van der Waals surface area contributed by atoms with Crippen molar-refractivity contribution in [2.75, 3.05) is 0 Å². The van der Waals surface area contributed by atoms with Gasteiger partial charge in [0, 0.05) is 45.1 Å². The van der Waals surface area contributed by atoms with E-state index in [1.165, 1.54) is 19.3 Å². The summed E-state index contributed by atoms with van der Waals surface area (Å²) >= 11 is 0. The summed E-state index contributed by atoms with van der Waals surface area (Å²) in [6, 6.07) is 0. The molecule has 1 radical (unpaired) electrons. The van der Waals surface area contributed by atoms with Gasteiger partial charge in [-0.3, -0.25) is 14.4 Å². The number of carboxylic acids is 3. The van der Waals surface area contributed by atoms with E-state index in [0.717, 1.165) is 57.8 Å². The van der Waals surface area contributed by atoms with Gasteiger partial charge in [0.15, 0.2) is 0 Å². The molecule has 165 valence electrons. The van der Waals surface area contributed by atoms with E-state index < -0.39 is 17.9 Å². The molecule has 0 bridgehead atoms. The van der Waals surface area contributed by atoms with Crippen molar-refractivity contribution in [2.45, 2.75) is 117 Å². The first-order valence-corrected chi connectivity index (χ1v) is 10.5. The minimum Gasteiger partial charge on any atom is -0.481 e. The van der Waals surface area contributed by atoms with Crippen molar-refractivity contribution in [3.8, 4) is 0 Å². The van der Waals surface area contributed by atoms with Gasteiger partial charge >= 0.3 is 17.9 Å². The van der Waals surface area contributed by atoms with Crippen molar-refractivity contribution in [1.29, 1.82) is 0 Å². The number of hydrogen-bond donors (Lipinski definition) is 3. The third kappa shape index (κ3) is 49.9. The monoisotopic (exact) mass is 435 g/mol. The molecule has 0 aliphatic heterocycles. The van der Waals surface area contributed by atoms with Crippen LogP contribution in [0.15, 0.2) is 0 Å². The molecule has 7 heteroatoms. The summed E-state index contributed by atoms with van der Waals surface area (Å²) in [5.74, 6) is -2.02. The van der Waals surface area contributed by atoms with Crippen LogP contribution in [0.3, 0.4) is 0 Å². The molecule has 0 aromatic carbocycles. The first-order valence-electron chi connectivity index (χ1n) is 10.5. The van der Waals surface area contributed by atoms with Crippen molar-refractivity contribution >= 4 is 17.9 Å². The van der Waals surface area contributed by atoms with E-state index in [1.807, 2.05) is 0 Å². The van der Waals surface area contributed by atoms with Gasteiger partial charge in [0.2, 0.25) is 0 Å². The summed E-state index contributed by atoms with van der Waals surface area (Å²) in [7, 11) is 0. The predicted molar refractivity (Wildman–Crippen MR) is 109 cm³/mol. The molecule has 0 atom stereocenters. The van der Waals surface area contributed by atoms with Crippen molar-refractivity contribution in [3.05, 3.63) is 0 Å². The van der Waals surface area contributed by atoms with Crippen LogP contribution in [-0.2, 0) is 40.2 Å².